The molecule has 25 heavy (non-hydrogen) atoms. The van der Waals surface area contributed by atoms with Crippen LogP contribution >= 0.6 is 15.9 Å². The van der Waals surface area contributed by atoms with Crippen LogP contribution in [-0.4, -0.2) is 17.5 Å². The van der Waals surface area contributed by atoms with Gasteiger partial charge in [0.15, 0.2) is 0 Å². The van der Waals surface area contributed by atoms with Gasteiger partial charge in [0.1, 0.15) is 0 Å². The smallest absolute Gasteiger partial charge is 0.271 e. The summed E-state index contributed by atoms with van der Waals surface area (Å²) >= 11 is 3.32. The number of carbonyl (C=O) groups excluding carboxylic acids is 2. The Bertz CT molecular complexity index is 786. The summed E-state index contributed by atoms with van der Waals surface area (Å²) in [4.78, 5) is 24.1. The van der Waals surface area contributed by atoms with Gasteiger partial charge >= 0.3 is 0 Å². The summed E-state index contributed by atoms with van der Waals surface area (Å²) < 4.78 is 0.896. The van der Waals surface area contributed by atoms with Crippen LogP contribution in [0.1, 0.15) is 36.2 Å². The molecule has 0 spiro atoms. The van der Waals surface area contributed by atoms with Crippen LogP contribution in [0.2, 0.25) is 0 Å². The standard InChI is InChI=1S/C19H20BrN3O2/c1-3-14-6-4-5-7-17(14)21-18(24)12-13(2)22-23-19(25)15-8-10-16(20)11-9-15/h4-11H,3,12H2,1-2H3,(H,21,24)(H,23,25). The Hall–Kier alpha value is -2.47. The Morgan fingerprint density at radius 3 is 2.44 bits per heavy atom. The van der Waals surface area contributed by atoms with Crippen molar-refractivity contribution in [2.75, 3.05) is 5.32 Å². The number of para-hydroxylation sites is 1. The van der Waals surface area contributed by atoms with Gasteiger partial charge in [0.2, 0.25) is 5.91 Å². The largest absolute Gasteiger partial charge is 0.326 e. The van der Waals surface area contributed by atoms with E-state index in [-0.39, 0.29) is 18.2 Å². The number of nitrogens with one attached hydrogen (secondary N) is 2. The van der Waals surface area contributed by atoms with Crippen LogP contribution in [0.4, 0.5) is 5.69 Å². The van der Waals surface area contributed by atoms with E-state index in [1.807, 2.05) is 31.2 Å². The molecule has 0 aliphatic rings. The second-order valence-corrected chi connectivity index (χ2v) is 6.45. The first-order chi connectivity index (χ1) is 12.0. The number of halogens is 1. The summed E-state index contributed by atoms with van der Waals surface area (Å²) in [5, 5.41) is 6.87. The van der Waals surface area contributed by atoms with E-state index in [9.17, 15) is 9.59 Å². The summed E-state index contributed by atoms with van der Waals surface area (Å²) in [7, 11) is 0. The van der Waals surface area contributed by atoms with Gasteiger partial charge in [0.05, 0.1) is 6.42 Å². The van der Waals surface area contributed by atoms with Crippen LogP contribution in [0.15, 0.2) is 58.1 Å². The minimum absolute atomic E-state index is 0.110. The van der Waals surface area contributed by atoms with Gasteiger partial charge in [-0.3, -0.25) is 9.59 Å². The summed E-state index contributed by atoms with van der Waals surface area (Å²) in [6, 6.07) is 14.6. The molecule has 0 aromatic heterocycles. The van der Waals surface area contributed by atoms with Crippen molar-refractivity contribution in [3.05, 3.63) is 64.1 Å². The zero-order chi connectivity index (χ0) is 18.2. The maximum absolute atomic E-state index is 12.1. The SMILES string of the molecule is CCc1ccccc1NC(=O)CC(C)=NNC(=O)c1ccc(Br)cc1. The number of anilines is 1. The lowest BCUT2D eigenvalue weighted by Crippen LogP contribution is -2.21. The van der Waals surface area contributed by atoms with E-state index < -0.39 is 0 Å². The fraction of sp³-hybridized carbons (Fsp3) is 0.211. The molecule has 6 heteroatoms. The summed E-state index contributed by atoms with van der Waals surface area (Å²) in [6.07, 6.45) is 0.950. The van der Waals surface area contributed by atoms with Gasteiger partial charge in [-0.2, -0.15) is 5.10 Å². The molecular weight excluding hydrogens is 382 g/mol. The van der Waals surface area contributed by atoms with Crippen molar-refractivity contribution in [3.8, 4) is 0 Å². The van der Waals surface area contributed by atoms with Crippen LogP contribution in [0.3, 0.4) is 0 Å². The number of amides is 2. The monoisotopic (exact) mass is 401 g/mol. The minimum atomic E-state index is -0.316. The molecule has 0 aliphatic carbocycles. The van der Waals surface area contributed by atoms with Crippen molar-refractivity contribution in [1.29, 1.82) is 0 Å². The molecule has 0 saturated heterocycles. The number of hydrogen-bond donors (Lipinski definition) is 2. The van der Waals surface area contributed by atoms with E-state index in [2.05, 4.69) is 31.8 Å². The molecule has 0 saturated carbocycles. The molecule has 0 aliphatic heterocycles. The highest BCUT2D eigenvalue weighted by atomic mass is 79.9. The van der Waals surface area contributed by atoms with Crippen molar-refractivity contribution in [2.24, 2.45) is 5.10 Å². The van der Waals surface area contributed by atoms with Gasteiger partial charge in [-0.1, -0.05) is 41.1 Å². The molecule has 5 nitrogen and oxygen atoms in total. The van der Waals surface area contributed by atoms with Crippen LogP contribution in [0.25, 0.3) is 0 Å². The van der Waals surface area contributed by atoms with E-state index in [1.54, 1.807) is 31.2 Å². The average Bonchev–Trinajstić information content (AvgIpc) is 2.60. The Labute approximate surface area is 155 Å². The molecule has 2 aromatic rings. The number of rotatable bonds is 6. The Morgan fingerprint density at radius 2 is 1.76 bits per heavy atom. The number of carbonyl (C=O) groups is 2. The molecule has 0 heterocycles. The van der Waals surface area contributed by atoms with Crippen molar-refractivity contribution < 1.29 is 9.59 Å². The molecule has 2 aromatic carbocycles. The molecule has 0 unspecified atom stereocenters. The predicted molar refractivity (Wildman–Crippen MR) is 104 cm³/mol. The van der Waals surface area contributed by atoms with Gasteiger partial charge in [-0.25, -0.2) is 5.43 Å². The lowest BCUT2D eigenvalue weighted by molar-refractivity contribution is -0.115. The fourth-order valence-electron chi connectivity index (χ4n) is 2.23. The third kappa shape index (κ3) is 5.83. The van der Waals surface area contributed by atoms with Crippen LogP contribution in [0.5, 0.6) is 0 Å². The van der Waals surface area contributed by atoms with Gasteiger partial charge in [0.25, 0.3) is 5.91 Å². The van der Waals surface area contributed by atoms with E-state index >= 15 is 0 Å². The van der Waals surface area contributed by atoms with Gasteiger partial charge < -0.3 is 5.32 Å². The lowest BCUT2D eigenvalue weighted by atomic mass is 10.1. The number of aryl methyl sites for hydroxylation is 1. The minimum Gasteiger partial charge on any atom is -0.326 e. The molecular formula is C19H20BrN3O2. The highest BCUT2D eigenvalue weighted by molar-refractivity contribution is 9.10. The molecule has 0 fully saturated rings. The molecule has 130 valence electrons. The van der Waals surface area contributed by atoms with Crippen molar-refractivity contribution >= 4 is 39.1 Å². The average molecular weight is 402 g/mol. The maximum Gasteiger partial charge on any atom is 0.271 e. The second-order valence-electron chi connectivity index (χ2n) is 5.53. The fourth-order valence-corrected chi connectivity index (χ4v) is 2.49. The zero-order valence-corrected chi connectivity index (χ0v) is 15.8. The summed E-state index contributed by atoms with van der Waals surface area (Å²) in [5.41, 5.74) is 5.37. The first-order valence-corrected chi connectivity index (χ1v) is 8.75. The Balaban J connectivity index is 1.90. The number of benzene rings is 2. The molecule has 0 atom stereocenters. The maximum atomic E-state index is 12.1. The molecule has 0 radical (unpaired) electrons. The Morgan fingerprint density at radius 1 is 1.08 bits per heavy atom. The number of nitrogens with zero attached hydrogens (tertiary/aromatic N) is 1. The second kappa shape index (κ2) is 9.13. The third-order valence-corrected chi connectivity index (χ3v) is 4.07. The molecule has 2 rings (SSSR count). The van der Waals surface area contributed by atoms with Crippen LogP contribution in [0, 0.1) is 0 Å². The summed E-state index contributed by atoms with van der Waals surface area (Å²) in [5.74, 6) is -0.483. The zero-order valence-electron chi connectivity index (χ0n) is 14.2. The van der Waals surface area contributed by atoms with Crippen molar-refractivity contribution in [1.82, 2.24) is 5.43 Å². The Kier molecular flexibility index (Phi) is 6.89. The van der Waals surface area contributed by atoms with Gasteiger partial charge in [0, 0.05) is 21.4 Å². The quantitative estimate of drug-likeness (QED) is 0.563. The van der Waals surface area contributed by atoms with Crippen LogP contribution in [-0.2, 0) is 11.2 Å². The van der Waals surface area contributed by atoms with E-state index in [4.69, 9.17) is 0 Å². The van der Waals surface area contributed by atoms with Crippen molar-refractivity contribution in [2.45, 2.75) is 26.7 Å². The highest BCUT2D eigenvalue weighted by Crippen LogP contribution is 2.15. The molecule has 2 amide bonds. The topological polar surface area (TPSA) is 70.6 Å². The van der Waals surface area contributed by atoms with Gasteiger partial charge in [-0.05, 0) is 49.2 Å². The van der Waals surface area contributed by atoms with E-state index in [1.165, 1.54) is 0 Å². The molecule has 0 bridgehead atoms. The molecule has 2 N–H and O–H groups in total. The number of hydrogen-bond acceptors (Lipinski definition) is 3. The summed E-state index contributed by atoms with van der Waals surface area (Å²) in [6.45, 7) is 3.74. The lowest BCUT2D eigenvalue weighted by Gasteiger charge is -2.09. The first-order valence-electron chi connectivity index (χ1n) is 7.96. The van der Waals surface area contributed by atoms with Gasteiger partial charge in [-0.15, -0.1) is 0 Å². The predicted octanol–water partition coefficient (Wildman–Crippen LogP) is 4.15. The third-order valence-electron chi connectivity index (χ3n) is 3.54. The van der Waals surface area contributed by atoms with Crippen LogP contribution < -0.4 is 10.7 Å². The normalized spacial score (nSPS) is 11.1. The van der Waals surface area contributed by atoms with E-state index in [0.717, 1.165) is 22.1 Å². The number of hydrazone groups is 1. The first kappa shape index (κ1) is 18.9. The highest BCUT2D eigenvalue weighted by Gasteiger charge is 2.08. The van der Waals surface area contributed by atoms with Crippen molar-refractivity contribution in [3.63, 3.8) is 0 Å². The van der Waals surface area contributed by atoms with E-state index in [0.29, 0.717) is 11.3 Å².